The van der Waals surface area contributed by atoms with Crippen LogP contribution in [-0.2, 0) is 6.54 Å². The van der Waals surface area contributed by atoms with E-state index in [-0.39, 0.29) is 0 Å². The minimum absolute atomic E-state index is 0.780. The van der Waals surface area contributed by atoms with Gasteiger partial charge in [-0.05, 0) is 60.9 Å². The highest BCUT2D eigenvalue weighted by atomic mass is 35.5. The molecule has 0 saturated carbocycles. The summed E-state index contributed by atoms with van der Waals surface area (Å²) in [7, 11) is 1.68. The zero-order chi connectivity index (χ0) is 13.8. The number of hydrogen-bond donors (Lipinski definition) is 1. The number of rotatable bonds is 4. The van der Waals surface area contributed by atoms with Crippen LogP contribution in [0.4, 0.5) is 5.69 Å². The Labute approximate surface area is 119 Å². The Morgan fingerprint density at radius 3 is 2.47 bits per heavy atom. The monoisotopic (exact) mass is 275 g/mol. The predicted molar refractivity (Wildman–Crippen MR) is 81.2 cm³/mol. The number of hydrogen-bond acceptors (Lipinski definition) is 2. The molecule has 19 heavy (non-hydrogen) atoms. The highest BCUT2D eigenvalue weighted by molar-refractivity contribution is 6.30. The SMILES string of the molecule is COc1ccc(NCc2ccc(Cl)cc2C)c(C)c1. The zero-order valence-electron chi connectivity index (χ0n) is 11.5. The van der Waals surface area contributed by atoms with Gasteiger partial charge in [0.25, 0.3) is 0 Å². The van der Waals surface area contributed by atoms with Gasteiger partial charge in [0.2, 0.25) is 0 Å². The molecule has 0 spiro atoms. The fourth-order valence-electron chi connectivity index (χ4n) is 2.01. The molecule has 0 aliphatic heterocycles. The van der Waals surface area contributed by atoms with Gasteiger partial charge in [-0.1, -0.05) is 17.7 Å². The summed E-state index contributed by atoms with van der Waals surface area (Å²) >= 11 is 5.96. The number of halogens is 1. The molecular weight excluding hydrogens is 258 g/mol. The van der Waals surface area contributed by atoms with Crippen molar-refractivity contribution >= 4 is 17.3 Å². The highest BCUT2D eigenvalue weighted by Gasteiger charge is 2.02. The molecule has 2 aromatic rings. The summed E-state index contributed by atoms with van der Waals surface area (Å²) in [5.74, 6) is 0.880. The van der Waals surface area contributed by atoms with Crippen LogP contribution in [0.2, 0.25) is 5.02 Å². The summed E-state index contributed by atoms with van der Waals surface area (Å²) in [5.41, 5.74) is 4.74. The number of aryl methyl sites for hydroxylation is 2. The van der Waals surface area contributed by atoms with E-state index in [2.05, 4.69) is 25.2 Å². The quantitative estimate of drug-likeness (QED) is 0.882. The van der Waals surface area contributed by atoms with Gasteiger partial charge in [0.15, 0.2) is 0 Å². The van der Waals surface area contributed by atoms with Crippen LogP contribution >= 0.6 is 11.6 Å². The maximum absolute atomic E-state index is 5.96. The third kappa shape index (κ3) is 3.42. The normalized spacial score (nSPS) is 10.3. The summed E-state index contributed by atoms with van der Waals surface area (Å²) < 4.78 is 5.20. The minimum Gasteiger partial charge on any atom is -0.497 e. The van der Waals surface area contributed by atoms with Crippen LogP contribution in [0.1, 0.15) is 16.7 Å². The molecule has 0 unspecified atom stereocenters. The molecule has 2 nitrogen and oxygen atoms in total. The van der Waals surface area contributed by atoms with Gasteiger partial charge in [0.05, 0.1) is 7.11 Å². The van der Waals surface area contributed by atoms with Crippen molar-refractivity contribution in [3.8, 4) is 5.75 Å². The smallest absolute Gasteiger partial charge is 0.119 e. The van der Waals surface area contributed by atoms with Gasteiger partial charge in [0.1, 0.15) is 5.75 Å². The van der Waals surface area contributed by atoms with Crippen molar-refractivity contribution in [2.75, 3.05) is 12.4 Å². The van der Waals surface area contributed by atoms with Gasteiger partial charge < -0.3 is 10.1 Å². The molecule has 0 aliphatic rings. The molecular formula is C16H18ClNO. The average molecular weight is 276 g/mol. The first-order valence-electron chi connectivity index (χ1n) is 6.23. The van der Waals surface area contributed by atoms with Crippen molar-refractivity contribution in [2.45, 2.75) is 20.4 Å². The molecule has 3 heteroatoms. The van der Waals surface area contributed by atoms with Crippen molar-refractivity contribution in [2.24, 2.45) is 0 Å². The lowest BCUT2D eigenvalue weighted by atomic mass is 10.1. The summed E-state index contributed by atoms with van der Waals surface area (Å²) in [5, 5.41) is 4.22. The van der Waals surface area contributed by atoms with Gasteiger partial charge in [-0.2, -0.15) is 0 Å². The third-order valence-electron chi connectivity index (χ3n) is 3.21. The molecule has 0 bridgehead atoms. The van der Waals surface area contributed by atoms with E-state index in [1.807, 2.05) is 30.3 Å². The number of nitrogens with one attached hydrogen (secondary N) is 1. The van der Waals surface area contributed by atoms with Gasteiger partial charge in [-0.3, -0.25) is 0 Å². The van der Waals surface area contributed by atoms with Crippen molar-refractivity contribution in [3.63, 3.8) is 0 Å². The summed E-state index contributed by atoms with van der Waals surface area (Å²) in [6.45, 7) is 4.93. The Hall–Kier alpha value is -1.67. The van der Waals surface area contributed by atoms with Crippen molar-refractivity contribution in [1.82, 2.24) is 0 Å². The van der Waals surface area contributed by atoms with E-state index in [0.29, 0.717) is 0 Å². The Kier molecular flexibility index (Phi) is 4.33. The van der Waals surface area contributed by atoms with Gasteiger partial charge in [0, 0.05) is 17.3 Å². The molecule has 0 fully saturated rings. The molecule has 0 amide bonds. The standard InChI is InChI=1S/C16H18ClNO/c1-11-8-14(17)5-4-13(11)10-18-16-7-6-15(19-3)9-12(16)2/h4-9,18H,10H2,1-3H3. The Morgan fingerprint density at radius 1 is 1.05 bits per heavy atom. The van der Waals surface area contributed by atoms with Gasteiger partial charge in [-0.25, -0.2) is 0 Å². The first-order valence-corrected chi connectivity index (χ1v) is 6.61. The molecule has 0 atom stereocenters. The van der Waals surface area contributed by atoms with Crippen molar-refractivity contribution in [3.05, 3.63) is 58.1 Å². The van der Waals surface area contributed by atoms with Crippen LogP contribution in [0, 0.1) is 13.8 Å². The van der Waals surface area contributed by atoms with Crippen LogP contribution in [0.25, 0.3) is 0 Å². The lowest BCUT2D eigenvalue weighted by molar-refractivity contribution is 0.414. The average Bonchev–Trinajstić information content (AvgIpc) is 2.39. The van der Waals surface area contributed by atoms with E-state index in [1.54, 1.807) is 7.11 Å². The second kappa shape index (κ2) is 5.98. The third-order valence-corrected chi connectivity index (χ3v) is 3.44. The molecule has 0 aliphatic carbocycles. The molecule has 0 saturated heterocycles. The fourth-order valence-corrected chi connectivity index (χ4v) is 2.24. The van der Waals surface area contributed by atoms with Crippen molar-refractivity contribution < 1.29 is 4.74 Å². The lowest BCUT2D eigenvalue weighted by Crippen LogP contribution is -2.02. The minimum atomic E-state index is 0.780. The first kappa shape index (κ1) is 13.8. The second-order valence-corrected chi connectivity index (χ2v) is 5.04. The van der Waals surface area contributed by atoms with E-state index in [0.717, 1.165) is 23.0 Å². The van der Waals surface area contributed by atoms with Crippen LogP contribution in [-0.4, -0.2) is 7.11 Å². The largest absolute Gasteiger partial charge is 0.497 e. The highest BCUT2D eigenvalue weighted by Crippen LogP contribution is 2.22. The maximum Gasteiger partial charge on any atom is 0.119 e. The van der Waals surface area contributed by atoms with Crippen LogP contribution < -0.4 is 10.1 Å². The van der Waals surface area contributed by atoms with E-state index >= 15 is 0 Å². The number of benzene rings is 2. The number of methoxy groups -OCH3 is 1. The Balaban J connectivity index is 2.10. The number of anilines is 1. The molecule has 100 valence electrons. The van der Waals surface area contributed by atoms with Crippen LogP contribution in [0.5, 0.6) is 5.75 Å². The number of ether oxygens (including phenoxy) is 1. The van der Waals surface area contributed by atoms with Crippen LogP contribution in [0.3, 0.4) is 0 Å². The topological polar surface area (TPSA) is 21.3 Å². The van der Waals surface area contributed by atoms with E-state index in [4.69, 9.17) is 16.3 Å². The predicted octanol–water partition coefficient (Wildman–Crippen LogP) is 4.58. The second-order valence-electron chi connectivity index (χ2n) is 4.61. The molecule has 2 aromatic carbocycles. The molecule has 1 N–H and O–H groups in total. The summed E-state index contributed by atoms with van der Waals surface area (Å²) in [6, 6.07) is 12.0. The summed E-state index contributed by atoms with van der Waals surface area (Å²) in [6.07, 6.45) is 0. The molecule has 2 rings (SSSR count). The van der Waals surface area contributed by atoms with Crippen LogP contribution in [0.15, 0.2) is 36.4 Å². The van der Waals surface area contributed by atoms with E-state index < -0.39 is 0 Å². The zero-order valence-corrected chi connectivity index (χ0v) is 12.2. The molecule has 0 heterocycles. The molecule has 0 radical (unpaired) electrons. The van der Waals surface area contributed by atoms with Gasteiger partial charge >= 0.3 is 0 Å². The Morgan fingerprint density at radius 2 is 1.84 bits per heavy atom. The first-order chi connectivity index (χ1) is 9.10. The fraction of sp³-hybridized carbons (Fsp3) is 0.250. The summed E-state index contributed by atoms with van der Waals surface area (Å²) in [4.78, 5) is 0. The lowest BCUT2D eigenvalue weighted by Gasteiger charge is -2.12. The van der Waals surface area contributed by atoms with E-state index in [9.17, 15) is 0 Å². The maximum atomic E-state index is 5.96. The van der Waals surface area contributed by atoms with Crippen molar-refractivity contribution in [1.29, 1.82) is 0 Å². The molecule has 0 aromatic heterocycles. The van der Waals surface area contributed by atoms with E-state index in [1.165, 1.54) is 16.7 Å². The Bertz CT molecular complexity index is 581. The van der Waals surface area contributed by atoms with Gasteiger partial charge in [-0.15, -0.1) is 0 Å².